The summed E-state index contributed by atoms with van der Waals surface area (Å²) < 4.78 is 0. The second kappa shape index (κ2) is 8.42. The molecule has 0 spiro atoms. The maximum Gasteiger partial charge on any atom is 0.254 e. The lowest BCUT2D eigenvalue weighted by molar-refractivity contribution is 0.0644. The first-order chi connectivity index (χ1) is 15.6. The minimum Gasteiger partial charge on any atom is -0.348 e. The van der Waals surface area contributed by atoms with Crippen molar-refractivity contribution in [2.45, 2.75) is 25.9 Å². The fraction of sp³-hybridized carbons (Fsp3) is 0.222. The van der Waals surface area contributed by atoms with Gasteiger partial charge >= 0.3 is 0 Å². The predicted octanol–water partition coefficient (Wildman–Crippen LogP) is 5.04. The quantitative estimate of drug-likeness (QED) is 0.464. The minimum atomic E-state index is 0.0632. The van der Waals surface area contributed by atoms with Crippen molar-refractivity contribution in [2.24, 2.45) is 0 Å². The Hall–Kier alpha value is -3.73. The molecule has 0 radical (unpaired) electrons. The van der Waals surface area contributed by atoms with E-state index in [0.717, 1.165) is 33.4 Å². The van der Waals surface area contributed by atoms with E-state index >= 15 is 0 Å². The van der Waals surface area contributed by atoms with Gasteiger partial charge < -0.3 is 9.80 Å². The van der Waals surface area contributed by atoms with E-state index in [9.17, 15) is 4.79 Å². The number of rotatable bonds is 3. The van der Waals surface area contributed by atoms with E-state index in [1.54, 1.807) is 0 Å². The zero-order valence-electron chi connectivity index (χ0n) is 18.3. The molecule has 0 bridgehead atoms. The summed E-state index contributed by atoms with van der Waals surface area (Å²) in [5.74, 6) is 0.964. The van der Waals surface area contributed by atoms with Crippen LogP contribution in [0, 0.1) is 0 Å². The van der Waals surface area contributed by atoms with E-state index in [-0.39, 0.29) is 18.0 Å². The Morgan fingerprint density at radius 3 is 2.09 bits per heavy atom. The normalized spacial score (nSPS) is 18.7. The minimum absolute atomic E-state index is 0.0632. The first-order valence-corrected chi connectivity index (χ1v) is 11.1. The van der Waals surface area contributed by atoms with Gasteiger partial charge in [0, 0.05) is 47.1 Å². The molecule has 1 saturated heterocycles. The molecule has 0 aliphatic carbocycles. The van der Waals surface area contributed by atoms with Crippen LogP contribution in [-0.2, 0) is 0 Å². The van der Waals surface area contributed by atoms with Crippen LogP contribution in [0.5, 0.6) is 0 Å². The number of carbonyl (C=O) groups is 1. The molecule has 32 heavy (non-hydrogen) atoms. The van der Waals surface area contributed by atoms with E-state index < -0.39 is 0 Å². The van der Waals surface area contributed by atoms with Gasteiger partial charge in [0.25, 0.3) is 5.91 Å². The Balaban J connectivity index is 1.48. The standard InChI is InChI=1S/C27H26N4O/c1-19-18-31(27(32)22-13-7-4-8-14-22)20(2)17-30(19)26-24-16-10-9-15-23(24)25(28-29-26)21-11-5-3-6-12-21/h3-16,19-20H,17-18H2,1-2H3/t19-,20+/m0/s1. The zero-order valence-corrected chi connectivity index (χ0v) is 18.3. The molecule has 1 fully saturated rings. The lowest BCUT2D eigenvalue weighted by Crippen LogP contribution is -2.58. The molecule has 0 saturated carbocycles. The molecule has 0 N–H and O–H groups in total. The van der Waals surface area contributed by atoms with Crippen LogP contribution in [0.2, 0.25) is 0 Å². The molecule has 1 aromatic heterocycles. The third-order valence-electron chi connectivity index (χ3n) is 6.25. The summed E-state index contributed by atoms with van der Waals surface area (Å²) in [6.07, 6.45) is 0. The number of fused-ring (bicyclic) bond motifs is 1. The average Bonchev–Trinajstić information content (AvgIpc) is 2.85. The molecular weight excluding hydrogens is 396 g/mol. The Morgan fingerprint density at radius 1 is 0.750 bits per heavy atom. The lowest BCUT2D eigenvalue weighted by atomic mass is 10.0. The van der Waals surface area contributed by atoms with Crippen LogP contribution >= 0.6 is 0 Å². The molecule has 2 heterocycles. The number of amides is 1. The van der Waals surface area contributed by atoms with Crippen molar-refractivity contribution in [3.05, 3.63) is 90.5 Å². The largest absolute Gasteiger partial charge is 0.348 e. The first kappa shape index (κ1) is 20.2. The smallest absolute Gasteiger partial charge is 0.254 e. The van der Waals surface area contributed by atoms with Gasteiger partial charge in [-0.15, -0.1) is 10.2 Å². The number of hydrogen-bond donors (Lipinski definition) is 0. The van der Waals surface area contributed by atoms with Crippen LogP contribution < -0.4 is 4.90 Å². The third kappa shape index (κ3) is 3.60. The van der Waals surface area contributed by atoms with Gasteiger partial charge in [0.15, 0.2) is 5.82 Å². The second-order valence-electron chi connectivity index (χ2n) is 8.46. The molecule has 5 heteroatoms. The molecule has 5 nitrogen and oxygen atoms in total. The summed E-state index contributed by atoms with van der Waals surface area (Å²) in [6.45, 7) is 5.61. The monoisotopic (exact) mass is 422 g/mol. The Kier molecular flexibility index (Phi) is 5.31. The van der Waals surface area contributed by atoms with Gasteiger partial charge in [-0.1, -0.05) is 72.8 Å². The van der Waals surface area contributed by atoms with Gasteiger partial charge in [-0.05, 0) is 26.0 Å². The molecule has 1 aliphatic heterocycles. The van der Waals surface area contributed by atoms with Crippen LogP contribution in [-0.4, -0.2) is 46.2 Å². The van der Waals surface area contributed by atoms with E-state index in [1.807, 2.05) is 65.6 Å². The fourth-order valence-electron chi connectivity index (χ4n) is 4.56. The number of hydrogen-bond acceptors (Lipinski definition) is 4. The number of benzene rings is 3. The van der Waals surface area contributed by atoms with E-state index in [0.29, 0.717) is 13.1 Å². The van der Waals surface area contributed by atoms with Gasteiger partial charge in [-0.25, -0.2) is 0 Å². The highest BCUT2D eigenvalue weighted by molar-refractivity contribution is 6.00. The molecule has 1 amide bonds. The van der Waals surface area contributed by atoms with Crippen molar-refractivity contribution in [3.63, 3.8) is 0 Å². The Morgan fingerprint density at radius 2 is 1.38 bits per heavy atom. The molecular formula is C27H26N4O. The van der Waals surface area contributed by atoms with Crippen LogP contribution in [0.3, 0.4) is 0 Å². The highest BCUT2D eigenvalue weighted by Crippen LogP contribution is 2.33. The van der Waals surface area contributed by atoms with Crippen molar-refractivity contribution >= 4 is 22.5 Å². The van der Waals surface area contributed by atoms with Crippen LogP contribution in [0.15, 0.2) is 84.9 Å². The van der Waals surface area contributed by atoms with Crippen molar-refractivity contribution in [1.82, 2.24) is 15.1 Å². The molecule has 160 valence electrons. The van der Waals surface area contributed by atoms with Gasteiger partial charge in [-0.2, -0.15) is 0 Å². The number of carbonyl (C=O) groups excluding carboxylic acids is 1. The van der Waals surface area contributed by atoms with Gasteiger partial charge in [0.1, 0.15) is 5.69 Å². The van der Waals surface area contributed by atoms with Crippen LogP contribution in [0.4, 0.5) is 5.82 Å². The first-order valence-electron chi connectivity index (χ1n) is 11.1. The molecule has 2 atom stereocenters. The topological polar surface area (TPSA) is 49.3 Å². The summed E-state index contributed by atoms with van der Waals surface area (Å²) >= 11 is 0. The molecule has 3 aromatic carbocycles. The van der Waals surface area contributed by atoms with E-state index in [4.69, 9.17) is 5.10 Å². The van der Waals surface area contributed by atoms with Crippen LogP contribution in [0.25, 0.3) is 22.0 Å². The number of nitrogens with zero attached hydrogens (tertiary/aromatic N) is 4. The SMILES string of the molecule is C[C@@H]1CN(c2nnc(-c3ccccc3)c3ccccc23)[C@@H](C)CN1C(=O)c1ccccc1. The maximum atomic E-state index is 13.1. The van der Waals surface area contributed by atoms with Gasteiger partial charge in [-0.3, -0.25) is 4.79 Å². The van der Waals surface area contributed by atoms with Crippen molar-refractivity contribution in [1.29, 1.82) is 0 Å². The lowest BCUT2D eigenvalue weighted by Gasteiger charge is -2.44. The molecule has 5 rings (SSSR count). The predicted molar refractivity (Wildman–Crippen MR) is 129 cm³/mol. The van der Waals surface area contributed by atoms with Crippen molar-refractivity contribution < 1.29 is 4.79 Å². The average molecular weight is 423 g/mol. The number of anilines is 1. The fourth-order valence-corrected chi connectivity index (χ4v) is 4.56. The van der Waals surface area contributed by atoms with Crippen molar-refractivity contribution in [2.75, 3.05) is 18.0 Å². The Bertz CT molecular complexity index is 1240. The summed E-state index contributed by atoms with van der Waals surface area (Å²) in [7, 11) is 0. The molecule has 0 unspecified atom stereocenters. The number of piperazine rings is 1. The van der Waals surface area contributed by atoms with Gasteiger partial charge in [0.2, 0.25) is 0 Å². The molecule has 4 aromatic rings. The molecule has 1 aliphatic rings. The van der Waals surface area contributed by atoms with Gasteiger partial charge in [0.05, 0.1) is 0 Å². The summed E-state index contributed by atoms with van der Waals surface area (Å²) in [6, 6.07) is 28.2. The Labute approximate surface area is 188 Å². The highest BCUT2D eigenvalue weighted by atomic mass is 16.2. The van der Waals surface area contributed by atoms with E-state index in [2.05, 4.69) is 48.1 Å². The van der Waals surface area contributed by atoms with E-state index in [1.165, 1.54) is 0 Å². The second-order valence-corrected chi connectivity index (χ2v) is 8.46. The van der Waals surface area contributed by atoms with Crippen LogP contribution in [0.1, 0.15) is 24.2 Å². The number of aromatic nitrogens is 2. The third-order valence-corrected chi connectivity index (χ3v) is 6.25. The summed E-state index contributed by atoms with van der Waals surface area (Å²) in [5.41, 5.74) is 2.68. The maximum absolute atomic E-state index is 13.1. The summed E-state index contributed by atoms with van der Waals surface area (Å²) in [5, 5.41) is 11.5. The highest BCUT2D eigenvalue weighted by Gasteiger charge is 2.34. The summed E-state index contributed by atoms with van der Waals surface area (Å²) in [4.78, 5) is 17.4. The zero-order chi connectivity index (χ0) is 22.1. The van der Waals surface area contributed by atoms with Crippen molar-refractivity contribution in [3.8, 4) is 11.3 Å².